The van der Waals surface area contributed by atoms with Crippen LogP contribution in [0.25, 0.3) is 17.5 Å². The fourth-order valence-electron chi connectivity index (χ4n) is 2.13. The molecule has 2 heterocycles. The number of aromatic nitrogens is 2. The monoisotopic (exact) mass is 320 g/mol. The summed E-state index contributed by atoms with van der Waals surface area (Å²) in [6.07, 6.45) is 5.46. The van der Waals surface area contributed by atoms with Crippen molar-refractivity contribution < 1.29 is 13.9 Å². The molecule has 5 heteroatoms. The first kappa shape index (κ1) is 15.7. The number of carbonyl (C=O) groups excluding carboxylic acids is 1. The average Bonchev–Trinajstić information content (AvgIpc) is 3.01. The quantitative estimate of drug-likeness (QED) is 0.510. The van der Waals surface area contributed by atoms with Crippen molar-refractivity contribution in [3.05, 3.63) is 71.8 Å². The molecule has 0 aliphatic rings. The summed E-state index contributed by atoms with van der Waals surface area (Å²) in [6.45, 7) is 2.14. The Balaban J connectivity index is 1.67. The maximum atomic E-state index is 10.3. The Hall–Kier alpha value is -3.21. The molecule has 0 amide bonds. The molecule has 1 aromatic carbocycles. The van der Waals surface area contributed by atoms with Gasteiger partial charge >= 0.3 is 0 Å². The lowest BCUT2D eigenvalue weighted by atomic mass is 10.2. The van der Waals surface area contributed by atoms with Crippen LogP contribution in [0.15, 0.2) is 59.2 Å². The van der Waals surface area contributed by atoms with Crippen molar-refractivity contribution >= 4 is 12.4 Å². The van der Waals surface area contributed by atoms with Gasteiger partial charge in [-0.1, -0.05) is 24.3 Å². The van der Waals surface area contributed by atoms with Crippen molar-refractivity contribution in [3.63, 3.8) is 0 Å². The summed E-state index contributed by atoms with van der Waals surface area (Å²) in [4.78, 5) is 19.0. The number of nitrogens with zero attached hydrogens (tertiary/aromatic N) is 2. The van der Waals surface area contributed by atoms with E-state index in [0.717, 1.165) is 28.9 Å². The van der Waals surface area contributed by atoms with Gasteiger partial charge in [-0.25, -0.2) is 9.97 Å². The van der Waals surface area contributed by atoms with Crippen LogP contribution in [0.5, 0.6) is 5.88 Å². The van der Waals surface area contributed by atoms with Crippen molar-refractivity contribution in [1.29, 1.82) is 0 Å². The minimum absolute atomic E-state index is 0.276. The molecule has 0 aliphatic heterocycles. The number of pyridine rings is 1. The van der Waals surface area contributed by atoms with Crippen LogP contribution in [-0.4, -0.2) is 16.3 Å². The third-order valence-corrected chi connectivity index (χ3v) is 3.40. The number of hydrogen-bond acceptors (Lipinski definition) is 5. The highest BCUT2D eigenvalue weighted by Crippen LogP contribution is 2.22. The smallest absolute Gasteiger partial charge is 0.226 e. The molecule has 24 heavy (non-hydrogen) atoms. The first-order valence-corrected chi connectivity index (χ1v) is 7.48. The third kappa shape index (κ3) is 3.76. The molecule has 3 aromatic rings. The lowest BCUT2D eigenvalue weighted by Gasteiger charge is -2.03. The highest BCUT2D eigenvalue weighted by molar-refractivity contribution is 5.73. The predicted octanol–water partition coefficient (Wildman–Crippen LogP) is 3.84. The molecular formula is C19H16N2O3. The first-order chi connectivity index (χ1) is 11.8. The van der Waals surface area contributed by atoms with Crippen LogP contribution in [0.4, 0.5) is 0 Å². The number of hydrogen-bond donors (Lipinski definition) is 0. The number of carbonyl (C=O) groups is 1. The van der Waals surface area contributed by atoms with E-state index in [0.29, 0.717) is 11.8 Å². The molecule has 3 rings (SSSR count). The van der Waals surface area contributed by atoms with Crippen molar-refractivity contribution in [3.8, 4) is 17.3 Å². The van der Waals surface area contributed by atoms with Gasteiger partial charge in [0.25, 0.3) is 0 Å². The van der Waals surface area contributed by atoms with Crippen LogP contribution in [-0.2, 0) is 11.4 Å². The van der Waals surface area contributed by atoms with Gasteiger partial charge in [-0.3, -0.25) is 4.79 Å². The molecule has 2 aromatic heterocycles. The van der Waals surface area contributed by atoms with E-state index in [1.807, 2.05) is 43.3 Å². The number of benzene rings is 1. The van der Waals surface area contributed by atoms with Crippen LogP contribution in [0.3, 0.4) is 0 Å². The Morgan fingerprint density at radius 3 is 2.71 bits per heavy atom. The van der Waals surface area contributed by atoms with Gasteiger partial charge in [0.15, 0.2) is 0 Å². The van der Waals surface area contributed by atoms with Crippen molar-refractivity contribution in [2.24, 2.45) is 0 Å². The van der Waals surface area contributed by atoms with Gasteiger partial charge in [-0.15, -0.1) is 0 Å². The summed E-state index contributed by atoms with van der Waals surface area (Å²) in [5.41, 5.74) is 2.50. The van der Waals surface area contributed by atoms with E-state index in [-0.39, 0.29) is 6.61 Å². The molecule has 0 aliphatic carbocycles. The van der Waals surface area contributed by atoms with Crippen molar-refractivity contribution in [2.75, 3.05) is 0 Å². The van der Waals surface area contributed by atoms with Crippen LogP contribution in [0, 0.1) is 6.92 Å². The number of allylic oxidation sites excluding steroid dienone is 1. The van der Waals surface area contributed by atoms with E-state index < -0.39 is 0 Å². The third-order valence-electron chi connectivity index (χ3n) is 3.40. The van der Waals surface area contributed by atoms with Crippen LogP contribution >= 0.6 is 0 Å². The maximum Gasteiger partial charge on any atom is 0.226 e. The summed E-state index contributed by atoms with van der Waals surface area (Å²) in [5, 5.41) is 0. The average molecular weight is 320 g/mol. The van der Waals surface area contributed by atoms with E-state index in [9.17, 15) is 4.79 Å². The summed E-state index contributed by atoms with van der Waals surface area (Å²) in [7, 11) is 0. The minimum atomic E-state index is 0.276. The van der Waals surface area contributed by atoms with Crippen molar-refractivity contribution in [2.45, 2.75) is 13.5 Å². The molecule has 0 saturated carbocycles. The maximum absolute atomic E-state index is 10.3. The van der Waals surface area contributed by atoms with Crippen LogP contribution < -0.4 is 4.74 Å². The molecule has 0 fully saturated rings. The van der Waals surface area contributed by atoms with Gasteiger partial charge < -0.3 is 9.15 Å². The van der Waals surface area contributed by atoms with Crippen LogP contribution in [0.1, 0.15) is 17.0 Å². The minimum Gasteiger partial charge on any atom is -0.471 e. The van der Waals surface area contributed by atoms with E-state index >= 15 is 0 Å². The molecule has 0 spiro atoms. The number of aryl methyl sites for hydroxylation is 1. The highest BCUT2D eigenvalue weighted by atomic mass is 16.5. The molecule has 120 valence electrons. The summed E-state index contributed by atoms with van der Waals surface area (Å²) >= 11 is 0. The van der Waals surface area contributed by atoms with Gasteiger partial charge in [-0.2, -0.15) is 0 Å². The van der Waals surface area contributed by atoms with Crippen LogP contribution in [0.2, 0.25) is 0 Å². The lowest BCUT2D eigenvalue weighted by molar-refractivity contribution is -0.104. The van der Waals surface area contributed by atoms with E-state index in [2.05, 4.69) is 9.97 Å². The topological polar surface area (TPSA) is 65.2 Å². The standard InChI is InChI=1S/C19H16N2O3/c1-14-17(21-19(24-14)16-7-3-2-4-8-16)13-23-18-10-9-15(12-20-18)6-5-11-22/h2-12H,13H2,1H3. The molecule has 0 saturated heterocycles. The Morgan fingerprint density at radius 1 is 1.17 bits per heavy atom. The molecular weight excluding hydrogens is 304 g/mol. The van der Waals surface area contributed by atoms with Gasteiger partial charge in [-0.05, 0) is 36.8 Å². The summed E-state index contributed by atoms with van der Waals surface area (Å²) in [5.74, 6) is 1.79. The van der Waals surface area contributed by atoms with E-state index in [1.165, 1.54) is 6.08 Å². The SMILES string of the molecule is Cc1oc(-c2ccccc2)nc1COc1ccc(C=CC=O)cn1. The lowest BCUT2D eigenvalue weighted by Crippen LogP contribution is -1.99. The fraction of sp³-hybridized carbons (Fsp3) is 0.105. The normalized spacial score (nSPS) is 10.9. The molecule has 0 bridgehead atoms. The number of rotatable bonds is 6. The second kappa shape index (κ2) is 7.37. The number of ether oxygens (including phenoxy) is 1. The molecule has 5 nitrogen and oxygen atoms in total. The first-order valence-electron chi connectivity index (χ1n) is 7.48. The molecule has 0 radical (unpaired) electrons. The van der Waals surface area contributed by atoms with Gasteiger partial charge in [0, 0.05) is 17.8 Å². The number of oxazole rings is 1. The predicted molar refractivity (Wildman–Crippen MR) is 90.3 cm³/mol. The highest BCUT2D eigenvalue weighted by Gasteiger charge is 2.12. The second-order valence-electron chi connectivity index (χ2n) is 5.10. The van der Waals surface area contributed by atoms with Gasteiger partial charge in [0.2, 0.25) is 11.8 Å². The Kier molecular flexibility index (Phi) is 4.81. The Morgan fingerprint density at radius 2 is 2.00 bits per heavy atom. The Labute approximate surface area is 139 Å². The summed E-state index contributed by atoms with van der Waals surface area (Å²) < 4.78 is 11.4. The zero-order chi connectivity index (χ0) is 16.8. The zero-order valence-corrected chi connectivity index (χ0v) is 13.2. The van der Waals surface area contributed by atoms with Crippen molar-refractivity contribution in [1.82, 2.24) is 9.97 Å². The van der Waals surface area contributed by atoms with E-state index in [4.69, 9.17) is 9.15 Å². The molecule has 0 N–H and O–H groups in total. The van der Waals surface area contributed by atoms with Gasteiger partial charge in [0.05, 0.1) is 0 Å². The summed E-state index contributed by atoms with van der Waals surface area (Å²) in [6, 6.07) is 13.3. The molecule has 0 unspecified atom stereocenters. The zero-order valence-electron chi connectivity index (χ0n) is 13.2. The fourth-order valence-corrected chi connectivity index (χ4v) is 2.13. The van der Waals surface area contributed by atoms with Gasteiger partial charge in [0.1, 0.15) is 24.3 Å². The largest absolute Gasteiger partial charge is 0.471 e. The van der Waals surface area contributed by atoms with E-state index in [1.54, 1.807) is 18.3 Å². The number of aldehydes is 1. The molecule has 0 atom stereocenters. The second-order valence-corrected chi connectivity index (χ2v) is 5.10. The Bertz CT molecular complexity index is 837.